The number of aryl methyl sites for hydroxylation is 1. The largest absolute Gasteiger partial charge is 0.508 e. The van der Waals surface area contributed by atoms with Gasteiger partial charge in [-0.05, 0) is 44.4 Å². The fourth-order valence-electron chi connectivity index (χ4n) is 2.68. The molecule has 2 rings (SSSR count). The van der Waals surface area contributed by atoms with E-state index in [0.29, 0.717) is 19.4 Å². The van der Waals surface area contributed by atoms with Crippen LogP contribution in [0.15, 0.2) is 24.3 Å². The van der Waals surface area contributed by atoms with Crippen molar-refractivity contribution in [1.29, 1.82) is 0 Å². The molecule has 4 nitrogen and oxygen atoms in total. The highest BCUT2D eigenvalue weighted by atomic mass is 16.3. The Kier molecular flexibility index (Phi) is 4.33. The van der Waals surface area contributed by atoms with Crippen molar-refractivity contribution in [2.45, 2.75) is 38.7 Å². The number of aliphatic hydroxyl groups is 1. The van der Waals surface area contributed by atoms with E-state index in [4.69, 9.17) is 0 Å². The van der Waals surface area contributed by atoms with Crippen LogP contribution < -0.4 is 0 Å². The van der Waals surface area contributed by atoms with E-state index < -0.39 is 5.60 Å². The number of carbonyl (C=O) groups is 1. The highest BCUT2D eigenvalue weighted by Gasteiger charge is 2.34. The lowest BCUT2D eigenvalue weighted by Gasteiger charge is -2.25. The van der Waals surface area contributed by atoms with E-state index >= 15 is 0 Å². The molecule has 0 bridgehead atoms. The van der Waals surface area contributed by atoms with Gasteiger partial charge in [0, 0.05) is 25.4 Å². The van der Waals surface area contributed by atoms with Crippen molar-refractivity contribution in [3.63, 3.8) is 0 Å². The molecule has 4 heteroatoms. The van der Waals surface area contributed by atoms with Gasteiger partial charge in [-0.1, -0.05) is 12.1 Å². The zero-order valence-corrected chi connectivity index (χ0v) is 12.2. The number of phenols is 1. The van der Waals surface area contributed by atoms with Gasteiger partial charge in [0.2, 0.25) is 5.91 Å². The van der Waals surface area contributed by atoms with Gasteiger partial charge >= 0.3 is 0 Å². The van der Waals surface area contributed by atoms with Crippen LogP contribution in [-0.2, 0) is 11.2 Å². The zero-order valence-electron chi connectivity index (χ0n) is 12.2. The summed E-state index contributed by atoms with van der Waals surface area (Å²) in [4.78, 5) is 14.0. The van der Waals surface area contributed by atoms with E-state index in [0.717, 1.165) is 18.5 Å². The molecule has 1 aliphatic heterocycles. The number of nitrogens with zero attached hydrogens (tertiary/aromatic N) is 1. The summed E-state index contributed by atoms with van der Waals surface area (Å²) in [6.45, 7) is 4.98. The number of amides is 1. The Hall–Kier alpha value is -1.55. The summed E-state index contributed by atoms with van der Waals surface area (Å²) in [5, 5.41) is 19.4. The van der Waals surface area contributed by atoms with Gasteiger partial charge in [0.1, 0.15) is 5.75 Å². The van der Waals surface area contributed by atoms with Gasteiger partial charge < -0.3 is 15.1 Å². The van der Waals surface area contributed by atoms with Crippen LogP contribution >= 0.6 is 0 Å². The number of likely N-dealkylation sites (tertiary alicyclic amines) is 1. The van der Waals surface area contributed by atoms with Crippen molar-refractivity contribution in [2.24, 2.45) is 5.92 Å². The van der Waals surface area contributed by atoms with Crippen LogP contribution in [0.2, 0.25) is 0 Å². The molecule has 0 spiro atoms. The third-order valence-corrected chi connectivity index (χ3v) is 4.08. The van der Waals surface area contributed by atoms with Crippen molar-refractivity contribution >= 4 is 5.91 Å². The highest BCUT2D eigenvalue weighted by Crippen LogP contribution is 2.27. The minimum Gasteiger partial charge on any atom is -0.508 e. The predicted molar refractivity (Wildman–Crippen MR) is 77.4 cm³/mol. The molecule has 1 unspecified atom stereocenters. The number of carbonyl (C=O) groups excluding carboxylic acids is 1. The predicted octanol–water partition coefficient (Wildman–Crippen LogP) is 1.94. The second-order valence-electron chi connectivity index (χ2n) is 6.15. The first kappa shape index (κ1) is 14.9. The third kappa shape index (κ3) is 3.73. The van der Waals surface area contributed by atoms with Crippen LogP contribution in [0, 0.1) is 5.92 Å². The van der Waals surface area contributed by atoms with Gasteiger partial charge in [-0.3, -0.25) is 4.79 Å². The Morgan fingerprint density at radius 2 is 2.20 bits per heavy atom. The molecule has 1 atom stereocenters. The highest BCUT2D eigenvalue weighted by molar-refractivity contribution is 5.76. The Morgan fingerprint density at radius 3 is 2.80 bits per heavy atom. The summed E-state index contributed by atoms with van der Waals surface area (Å²) in [6.07, 6.45) is 1.94. The van der Waals surface area contributed by atoms with Crippen molar-refractivity contribution in [1.82, 2.24) is 4.90 Å². The minimum absolute atomic E-state index is 0.125. The van der Waals surface area contributed by atoms with Gasteiger partial charge in [-0.15, -0.1) is 0 Å². The number of hydrogen-bond acceptors (Lipinski definition) is 3. The maximum atomic E-state index is 12.2. The summed E-state index contributed by atoms with van der Waals surface area (Å²) in [5.41, 5.74) is 0.247. The van der Waals surface area contributed by atoms with Crippen molar-refractivity contribution in [3.05, 3.63) is 29.8 Å². The second-order valence-corrected chi connectivity index (χ2v) is 6.15. The van der Waals surface area contributed by atoms with E-state index in [-0.39, 0.29) is 17.6 Å². The topological polar surface area (TPSA) is 60.8 Å². The maximum Gasteiger partial charge on any atom is 0.222 e. The van der Waals surface area contributed by atoms with Gasteiger partial charge in [-0.2, -0.15) is 0 Å². The number of aromatic hydroxyl groups is 1. The first-order chi connectivity index (χ1) is 9.36. The van der Waals surface area contributed by atoms with E-state index in [1.165, 1.54) is 0 Å². The van der Waals surface area contributed by atoms with E-state index in [9.17, 15) is 15.0 Å². The summed E-state index contributed by atoms with van der Waals surface area (Å²) in [6, 6.07) is 7.02. The minimum atomic E-state index is -0.722. The van der Waals surface area contributed by atoms with Crippen molar-refractivity contribution < 1.29 is 15.0 Å². The summed E-state index contributed by atoms with van der Waals surface area (Å²) in [7, 11) is 0. The Balaban J connectivity index is 1.84. The van der Waals surface area contributed by atoms with Crippen LogP contribution in [0.25, 0.3) is 0 Å². The molecular weight excluding hydrogens is 254 g/mol. The maximum absolute atomic E-state index is 12.2. The quantitative estimate of drug-likeness (QED) is 0.884. The van der Waals surface area contributed by atoms with E-state index in [1.807, 2.05) is 11.0 Å². The first-order valence-electron chi connectivity index (χ1n) is 7.14. The molecule has 1 aromatic carbocycles. The molecule has 1 aromatic rings. The molecule has 1 saturated heterocycles. The lowest BCUT2D eigenvalue weighted by molar-refractivity contribution is -0.130. The molecule has 1 amide bonds. The van der Waals surface area contributed by atoms with Crippen LogP contribution in [-0.4, -0.2) is 39.7 Å². The smallest absolute Gasteiger partial charge is 0.222 e. The number of benzene rings is 1. The molecule has 0 radical (unpaired) electrons. The van der Waals surface area contributed by atoms with Crippen molar-refractivity contribution in [3.8, 4) is 5.75 Å². The lowest BCUT2D eigenvalue weighted by atomic mass is 9.90. The normalized spacial score (nSPS) is 19.4. The lowest BCUT2D eigenvalue weighted by Crippen LogP contribution is -2.35. The van der Waals surface area contributed by atoms with Crippen LogP contribution in [0.1, 0.15) is 32.3 Å². The fraction of sp³-hybridized carbons (Fsp3) is 0.562. The van der Waals surface area contributed by atoms with Crippen LogP contribution in [0.3, 0.4) is 0 Å². The SMILES string of the molecule is CC(C)(O)C1CCN(C(=O)CCc2cccc(O)c2)C1. The molecule has 20 heavy (non-hydrogen) atoms. The summed E-state index contributed by atoms with van der Waals surface area (Å²) < 4.78 is 0. The zero-order chi connectivity index (χ0) is 14.8. The molecule has 0 aliphatic carbocycles. The van der Waals surface area contributed by atoms with Gasteiger partial charge in [-0.25, -0.2) is 0 Å². The van der Waals surface area contributed by atoms with Crippen LogP contribution in [0.4, 0.5) is 0 Å². The number of rotatable bonds is 4. The summed E-state index contributed by atoms with van der Waals surface area (Å²) in [5.74, 6) is 0.519. The average molecular weight is 277 g/mol. The number of phenolic OH excluding ortho intramolecular Hbond substituents is 1. The van der Waals surface area contributed by atoms with Gasteiger partial charge in [0.05, 0.1) is 5.60 Å². The second kappa shape index (κ2) is 5.83. The molecule has 1 fully saturated rings. The third-order valence-electron chi connectivity index (χ3n) is 4.08. The molecule has 1 aliphatic rings. The number of hydrogen-bond donors (Lipinski definition) is 2. The van der Waals surface area contributed by atoms with E-state index in [2.05, 4.69) is 0 Å². The first-order valence-corrected chi connectivity index (χ1v) is 7.14. The van der Waals surface area contributed by atoms with Gasteiger partial charge in [0.25, 0.3) is 0 Å². The molecule has 0 aromatic heterocycles. The van der Waals surface area contributed by atoms with Crippen LogP contribution in [0.5, 0.6) is 5.75 Å². The Bertz CT molecular complexity index is 479. The Morgan fingerprint density at radius 1 is 1.45 bits per heavy atom. The molecule has 2 N–H and O–H groups in total. The monoisotopic (exact) mass is 277 g/mol. The van der Waals surface area contributed by atoms with Crippen molar-refractivity contribution in [2.75, 3.05) is 13.1 Å². The van der Waals surface area contributed by atoms with E-state index in [1.54, 1.807) is 32.0 Å². The van der Waals surface area contributed by atoms with Gasteiger partial charge in [0.15, 0.2) is 0 Å². The molecule has 1 heterocycles. The molecular formula is C16H23NO3. The molecule has 0 saturated carbocycles. The average Bonchev–Trinajstić information content (AvgIpc) is 2.85. The summed E-state index contributed by atoms with van der Waals surface area (Å²) >= 11 is 0. The molecule has 110 valence electrons. The fourth-order valence-corrected chi connectivity index (χ4v) is 2.68. The standard InChI is InChI=1S/C16H23NO3/c1-16(2,20)13-8-9-17(11-13)15(19)7-6-12-4-3-5-14(18)10-12/h3-5,10,13,18,20H,6-9,11H2,1-2H3. The Labute approximate surface area is 120 Å².